The van der Waals surface area contributed by atoms with E-state index in [0.717, 1.165) is 6.07 Å². The number of anilines is 1. The predicted molar refractivity (Wildman–Crippen MR) is 106 cm³/mol. The van der Waals surface area contributed by atoms with Crippen molar-refractivity contribution in [3.63, 3.8) is 0 Å². The standard InChI is InChI=1S/C18H19F3N4O5S/c1-17(2,3)24-31(29,30)13-7-4-11(5-8-13)16(26)23-22-14-9-6-12(18(19,20)21)10-15(14)25(27)28/h4-10,22,24H,1-3H3,(H,23,26). The van der Waals surface area contributed by atoms with Crippen LogP contribution in [0.1, 0.15) is 36.7 Å². The summed E-state index contributed by atoms with van der Waals surface area (Å²) in [6.45, 7) is 5.00. The molecule has 0 radical (unpaired) electrons. The summed E-state index contributed by atoms with van der Waals surface area (Å²) in [5, 5.41) is 11.1. The van der Waals surface area contributed by atoms with Crippen LogP contribution in [0.5, 0.6) is 0 Å². The van der Waals surface area contributed by atoms with Crippen molar-refractivity contribution in [2.75, 3.05) is 5.43 Å². The second-order valence-corrected chi connectivity index (χ2v) is 9.13. The fourth-order valence-corrected chi connectivity index (χ4v) is 3.83. The quantitative estimate of drug-likeness (QED) is 0.447. The SMILES string of the molecule is CC(C)(C)NS(=O)(=O)c1ccc(C(=O)NNc2ccc(C(F)(F)F)cc2[N+](=O)[O-])cc1. The molecule has 2 aromatic rings. The summed E-state index contributed by atoms with van der Waals surface area (Å²) >= 11 is 0. The van der Waals surface area contributed by atoms with Gasteiger partial charge in [-0.15, -0.1) is 0 Å². The minimum atomic E-state index is -4.77. The number of nitrogens with zero attached hydrogens (tertiary/aromatic N) is 1. The Morgan fingerprint density at radius 1 is 1.03 bits per heavy atom. The molecule has 168 valence electrons. The number of carbonyl (C=O) groups excluding carboxylic acids is 1. The average Bonchev–Trinajstić information content (AvgIpc) is 2.63. The van der Waals surface area contributed by atoms with Crippen molar-refractivity contribution in [3.8, 4) is 0 Å². The van der Waals surface area contributed by atoms with Gasteiger partial charge < -0.3 is 0 Å². The van der Waals surface area contributed by atoms with Gasteiger partial charge in [-0.2, -0.15) is 13.2 Å². The van der Waals surface area contributed by atoms with Crippen molar-refractivity contribution in [3.05, 3.63) is 63.7 Å². The molecule has 0 heterocycles. The highest BCUT2D eigenvalue weighted by Gasteiger charge is 2.33. The zero-order chi connectivity index (χ0) is 23.6. The highest BCUT2D eigenvalue weighted by molar-refractivity contribution is 7.89. The molecule has 0 spiro atoms. The second kappa shape index (κ2) is 8.51. The molecule has 0 aromatic heterocycles. The molecule has 0 atom stereocenters. The van der Waals surface area contributed by atoms with Crippen LogP contribution in [-0.2, 0) is 16.2 Å². The molecule has 31 heavy (non-hydrogen) atoms. The van der Waals surface area contributed by atoms with Crippen LogP contribution in [0.15, 0.2) is 47.4 Å². The number of hydrazine groups is 1. The number of carbonyl (C=O) groups is 1. The molecular formula is C18H19F3N4O5S. The van der Waals surface area contributed by atoms with Gasteiger partial charge in [0.2, 0.25) is 10.0 Å². The zero-order valence-corrected chi connectivity index (χ0v) is 17.4. The van der Waals surface area contributed by atoms with Gasteiger partial charge in [-0.05, 0) is 57.2 Å². The molecule has 0 unspecified atom stereocenters. The Labute approximate surface area is 175 Å². The summed E-state index contributed by atoms with van der Waals surface area (Å²) < 4.78 is 65.2. The van der Waals surface area contributed by atoms with Gasteiger partial charge in [-0.3, -0.25) is 25.8 Å². The van der Waals surface area contributed by atoms with Gasteiger partial charge in [-0.25, -0.2) is 13.1 Å². The minimum absolute atomic E-state index is 0.0109. The number of nitro groups is 1. The third-order valence-electron chi connectivity index (χ3n) is 3.70. The van der Waals surface area contributed by atoms with Gasteiger partial charge in [-0.1, -0.05) is 0 Å². The second-order valence-electron chi connectivity index (χ2n) is 7.45. The lowest BCUT2D eigenvalue weighted by molar-refractivity contribution is -0.384. The smallest absolute Gasteiger partial charge is 0.292 e. The van der Waals surface area contributed by atoms with E-state index in [1.54, 1.807) is 20.8 Å². The third kappa shape index (κ3) is 6.39. The van der Waals surface area contributed by atoms with Crippen molar-refractivity contribution >= 4 is 27.3 Å². The van der Waals surface area contributed by atoms with E-state index < -0.39 is 43.8 Å². The lowest BCUT2D eigenvalue weighted by Gasteiger charge is -2.20. The van der Waals surface area contributed by atoms with Crippen LogP contribution in [0.4, 0.5) is 24.5 Å². The van der Waals surface area contributed by atoms with E-state index in [-0.39, 0.29) is 16.1 Å². The van der Waals surface area contributed by atoms with E-state index in [0.29, 0.717) is 12.1 Å². The Morgan fingerprint density at radius 2 is 1.61 bits per heavy atom. The number of benzene rings is 2. The van der Waals surface area contributed by atoms with Crippen LogP contribution in [0, 0.1) is 10.1 Å². The number of halogens is 3. The normalized spacial score (nSPS) is 12.3. The van der Waals surface area contributed by atoms with Crippen molar-refractivity contribution in [1.29, 1.82) is 0 Å². The van der Waals surface area contributed by atoms with Gasteiger partial charge in [0.15, 0.2) is 0 Å². The topological polar surface area (TPSA) is 130 Å². The summed E-state index contributed by atoms with van der Waals surface area (Å²) in [6, 6.07) is 6.62. The van der Waals surface area contributed by atoms with E-state index in [1.807, 2.05) is 0 Å². The van der Waals surface area contributed by atoms with Crippen LogP contribution in [0.25, 0.3) is 0 Å². The Kier molecular flexibility index (Phi) is 6.61. The fraction of sp³-hybridized carbons (Fsp3) is 0.278. The molecule has 0 aliphatic carbocycles. The van der Waals surface area contributed by atoms with E-state index in [1.165, 1.54) is 24.3 Å². The number of nitro benzene ring substituents is 1. The number of alkyl halides is 3. The maximum Gasteiger partial charge on any atom is 0.416 e. The summed E-state index contributed by atoms with van der Waals surface area (Å²) in [5.41, 5.74) is 1.17. The molecule has 0 saturated heterocycles. The first kappa shape index (κ1) is 24.1. The number of rotatable bonds is 6. The number of amides is 1. The van der Waals surface area contributed by atoms with Crippen molar-refractivity contribution in [2.24, 2.45) is 0 Å². The molecular weight excluding hydrogens is 441 g/mol. The molecule has 0 saturated carbocycles. The fourth-order valence-electron chi connectivity index (χ4n) is 2.41. The van der Waals surface area contributed by atoms with Gasteiger partial charge in [0.25, 0.3) is 11.6 Å². The first-order valence-electron chi connectivity index (χ1n) is 8.66. The lowest BCUT2D eigenvalue weighted by Crippen LogP contribution is -2.40. The van der Waals surface area contributed by atoms with Crippen LogP contribution >= 0.6 is 0 Å². The molecule has 3 N–H and O–H groups in total. The molecule has 1 amide bonds. The van der Waals surface area contributed by atoms with E-state index in [2.05, 4.69) is 15.6 Å². The summed E-state index contributed by atoms with van der Waals surface area (Å²) in [7, 11) is -3.81. The molecule has 0 bridgehead atoms. The lowest BCUT2D eigenvalue weighted by atomic mass is 10.1. The molecule has 2 aromatic carbocycles. The Morgan fingerprint density at radius 3 is 2.10 bits per heavy atom. The number of hydrogen-bond donors (Lipinski definition) is 3. The Balaban J connectivity index is 2.16. The van der Waals surface area contributed by atoms with Crippen LogP contribution in [0.2, 0.25) is 0 Å². The summed E-state index contributed by atoms with van der Waals surface area (Å²) in [5.74, 6) is -0.790. The minimum Gasteiger partial charge on any atom is -0.292 e. The first-order valence-corrected chi connectivity index (χ1v) is 10.1. The van der Waals surface area contributed by atoms with E-state index in [9.17, 15) is 36.5 Å². The number of sulfonamides is 1. The molecule has 2 rings (SSSR count). The maximum atomic E-state index is 12.7. The average molecular weight is 460 g/mol. The first-order chi connectivity index (χ1) is 14.1. The van der Waals surface area contributed by atoms with Gasteiger partial charge in [0.1, 0.15) is 5.69 Å². The highest BCUT2D eigenvalue weighted by atomic mass is 32.2. The highest BCUT2D eigenvalue weighted by Crippen LogP contribution is 2.34. The van der Waals surface area contributed by atoms with Crippen LogP contribution in [0.3, 0.4) is 0 Å². The number of nitrogens with one attached hydrogen (secondary N) is 3. The largest absolute Gasteiger partial charge is 0.416 e. The predicted octanol–water partition coefficient (Wildman–Crippen LogP) is 3.45. The third-order valence-corrected chi connectivity index (χ3v) is 5.47. The molecule has 9 nitrogen and oxygen atoms in total. The Bertz CT molecular complexity index is 1090. The monoisotopic (exact) mass is 460 g/mol. The van der Waals surface area contributed by atoms with Gasteiger partial charge >= 0.3 is 6.18 Å². The van der Waals surface area contributed by atoms with Crippen LogP contribution < -0.4 is 15.6 Å². The summed E-state index contributed by atoms with van der Waals surface area (Å²) in [6.07, 6.45) is -4.77. The molecule has 0 aliphatic heterocycles. The van der Waals surface area contributed by atoms with Crippen LogP contribution in [-0.4, -0.2) is 24.8 Å². The molecule has 0 aliphatic rings. The summed E-state index contributed by atoms with van der Waals surface area (Å²) in [4.78, 5) is 22.2. The van der Waals surface area contributed by atoms with E-state index in [4.69, 9.17) is 0 Å². The van der Waals surface area contributed by atoms with Crippen molar-refractivity contribution in [2.45, 2.75) is 37.4 Å². The van der Waals surface area contributed by atoms with E-state index >= 15 is 0 Å². The van der Waals surface area contributed by atoms with Gasteiger partial charge in [0, 0.05) is 17.2 Å². The van der Waals surface area contributed by atoms with Crippen molar-refractivity contribution in [1.82, 2.24) is 10.1 Å². The molecule has 13 heteroatoms. The molecule has 0 fully saturated rings. The zero-order valence-electron chi connectivity index (χ0n) is 16.6. The van der Waals surface area contributed by atoms with Gasteiger partial charge in [0.05, 0.1) is 15.4 Å². The Hall–Kier alpha value is -3.19. The van der Waals surface area contributed by atoms with Crippen molar-refractivity contribution < 1.29 is 31.3 Å². The maximum absolute atomic E-state index is 12.7. The number of hydrogen-bond acceptors (Lipinski definition) is 6.